The Hall–Kier alpha value is -3.14. The summed E-state index contributed by atoms with van der Waals surface area (Å²) < 4.78 is 1.71. The third-order valence-corrected chi connectivity index (χ3v) is 5.89. The summed E-state index contributed by atoms with van der Waals surface area (Å²) in [4.78, 5) is 25.0. The molecule has 0 spiro atoms. The molecule has 3 rings (SSSR count). The van der Waals surface area contributed by atoms with E-state index in [2.05, 4.69) is 27.4 Å². The summed E-state index contributed by atoms with van der Waals surface area (Å²) in [7, 11) is 0. The summed E-state index contributed by atoms with van der Waals surface area (Å²) in [6.45, 7) is 5.60. The number of halogens is 1. The number of carbonyl (C=O) groups excluding carboxylic acids is 2. The molecule has 172 valence electrons. The first-order valence-electron chi connectivity index (χ1n) is 10.1. The number of amides is 2. The number of aromatic nitrogens is 3. The zero-order valence-electron chi connectivity index (χ0n) is 18.0. The van der Waals surface area contributed by atoms with Gasteiger partial charge in [-0.25, -0.2) is 0 Å². The van der Waals surface area contributed by atoms with E-state index in [4.69, 9.17) is 11.6 Å². The molecule has 2 aromatic carbocycles. The van der Waals surface area contributed by atoms with E-state index in [9.17, 15) is 14.7 Å². The van der Waals surface area contributed by atoms with E-state index in [0.29, 0.717) is 33.8 Å². The van der Waals surface area contributed by atoms with E-state index in [1.165, 1.54) is 11.8 Å². The number of carbonyl (C=O) groups is 2. The number of allylic oxidation sites excluding steroid dienone is 1. The lowest BCUT2D eigenvalue weighted by molar-refractivity contribution is -0.113. The number of aliphatic hydroxyl groups is 1. The Kier molecular flexibility index (Phi) is 8.65. The number of thioether (sulfide) groups is 1. The zero-order valence-corrected chi connectivity index (χ0v) is 19.6. The number of nitrogens with one attached hydrogen (secondary N) is 2. The molecule has 1 heterocycles. The van der Waals surface area contributed by atoms with Crippen molar-refractivity contribution >= 4 is 40.9 Å². The zero-order chi connectivity index (χ0) is 23.8. The number of nitrogens with zero attached hydrogens (tertiary/aromatic N) is 3. The number of anilines is 1. The molecule has 0 aliphatic rings. The highest BCUT2D eigenvalue weighted by molar-refractivity contribution is 7.99. The fourth-order valence-electron chi connectivity index (χ4n) is 3.07. The Labute approximate surface area is 201 Å². The van der Waals surface area contributed by atoms with Gasteiger partial charge in [-0.15, -0.1) is 16.8 Å². The minimum Gasteiger partial charge on any atom is -0.394 e. The van der Waals surface area contributed by atoms with Gasteiger partial charge in [0.2, 0.25) is 5.91 Å². The van der Waals surface area contributed by atoms with Gasteiger partial charge in [0.1, 0.15) is 6.04 Å². The monoisotopic (exact) mass is 485 g/mol. The highest BCUT2D eigenvalue weighted by Crippen LogP contribution is 2.23. The first kappa shape index (κ1) is 24.5. The minimum atomic E-state index is -0.773. The molecule has 1 aromatic heterocycles. The molecule has 2 amide bonds. The normalized spacial score (nSPS) is 11.6. The van der Waals surface area contributed by atoms with Crippen LogP contribution in [0.15, 0.2) is 66.3 Å². The molecule has 0 saturated heterocycles. The summed E-state index contributed by atoms with van der Waals surface area (Å²) in [5.41, 5.74) is 2.01. The maximum atomic E-state index is 12.5. The van der Waals surface area contributed by atoms with Gasteiger partial charge in [0.05, 0.1) is 12.4 Å². The number of benzene rings is 2. The van der Waals surface area contributed by atoms with Gasteiger partial charge in [-0.05, 0) is 42.8 Å². The van der Waals surface area contributed by atoms with Crippen molar-refractivity contribution in [2.45, 2.75) is 24.7 Å². The van der Waals surface area contributed by atoms with E-state index in [1.807, 2.05) is 13.0 Å². The van der Waals surface area contributed by atoms with Crippen molar-refractivity contribution < 1.29 is 14.7 Å². The Morgan fingerprint density at radius 2 is 2.00 bits per heavy atom. The minimum absolute atomic E-state index is 0.0948. The molecule has 1 atom stereocenters. The molecule has 0 aliphatic heterocycles. The van der Waals surface area contributed by atoms with Crippen LogP contribution >= 0.6 is 23.4 Å². The summed E-state index contributed by atoms with van der Waals surface area (Å²) in [5.74, 6) is -0.0820. The first-order valence-corrected chi connectivity index (χ1v) is 11.5. The predicted octanol–water partition coefficient (Wildman–Crippen LogP) is 3.62. The Morgan fingerprint density at radius 1 is 1.24 bits per heavy atom. The SMILES string of the molecule is C=CCn1c(SCC(=O)Nc2ccc(Cl)cc2C)nnc1[C@H](CO)NC(=O)c1ccccc1. The summed E-state index contributed by atoms with van der Waals surface area (Å²) in [6, 6.07) is 13.2. The van der Waals surface area contributed by atoms with Gasteiger partial charge in [0, 0.05) is 22.8 Å². The molecular formula is C23H24ClN5O3S. The summed E-state index contributed by atoms with van der Waals surface area (Å²) in [5, 5.41) is 24.9. The lowest BCUT2D eigenvalue weighted by atomic mass is 10.2. The van der Waals surface area contributed by atoms with Crippen LogP contribution in [0.5, 0.6) is 0 Å². The lowest BCUT2D eigenvalue weighted by Crippen LogP contribution is -2.33. The molecule has 0 saturated carbocycles. The van der Waals surface area contributed by atoms with E-state index in [1.54, 1.807) is 53.1 Å². The highest BCUT2D eigenvalue weighted by Gasteiger charge is 2.23. The molecule has 3 N–H and O–H groups in total. The third kappa shape index (κ3) is 6.44. The van der Waals surface area contributed by atoms with Gasteiger partial charge < -0.3 is 20.3 Å². The van der Waals surface area contributed by atoms with Crippen LogP contribution < -0.4 is 10.6 Å². The quantitative estimate of drug-likeness (QED) is 0.299. The fraction of sp³-hybridized carbons (Fsp3) is 0.217. The molecule has 3 aromatic rings. The summed E-state index contributed by atoms with van der Waals surface area (Å²) in [6.07, 6.45) is 1.65. The van der Waals surface area contributed by atoms with Gasteiger partial charge in [-0.3, -0.25) is 9.59 Å². The molecule has 10 heteroatoms. The average Bonchev–Trinajstić information content (AvgIpc) is 3.21. The van der Waals surface area contributed by atoms with Crippen molar-refractivity contribution in [1.29, 1.82) is 0 Å². The van der Waals surface area contributed by atoms with Crippen LogP contribution in [0.25, 0.3) is 0 Å². The van der Waals surface area contributed by atoms with Crippen LogP contribution in [0, 0.1) is 6.92 Å². The molecule has 8 nitrogen and oxygen atoms in total. The second kappa shape index (κ2) is 11.6. The highest BCUT2D eigenvalue weighted by atomic mass is 35.5. The molecular weight excluding hydrogens is 462 g/mol. The van der Waals surface area contributed by atoms with Crippen molar-refractivity contribution in [1.82, 2.24) is 20.1 Å². The molecule has 0 bridgehead atoms. The van der Waals surface area contributed by atoms with Gasteiger partial charge in [0.15, 0.2) is 11.0 Å². The average molecular weight is 486 g/mol. The van der Waals surface area contributed by atoms with Crippen LogP contribution in [0.1, 0.15) is 27.8 Å². The van der Waals surface area contributed by atoms with Crippen molar-refractivity contribution in [3.63, 3.8) is 0 Å². The van der Waals surface area contributed by atoms with Gasteiger partial charge >= 0.3 is 0 Å². The Bertz CT molecular complexity index is 1140. The van der Waals surface area contributed by atoms with Crippen molar-refractivity contribution in [3.8, 4) is 0 Å². The van der Waals surface area contributed by atoms with Crippen molar-refractivity contribution in [3.05, 3.63) is 83.2 Å². The van der Waals surface area contributed by atoms with Gasteiger partial charge in [0.25, 0.3) is 5.91 Å². The van der Waals surface area contributed by atoms with E-state index in [0.717, 1.165) is 5.56 Å². The smallest absolute Gasteiger partial charge is 0.251 e. The predicted molar refractivity (Wildman–Crippen MR) is 129 cm³/mol. The van der Waals surface area contributed by atoms with Gasteiger partial charge in [-0.2, -0.15) is 0 Å². The lowest BCUT2D eigenvalue weighted by Gasteiger charge is -2.17. The number of hydrogen-bond acceptors (Lipinski definition) is 6. The molecule has 0 unspecified atom stereocenters. The standard InChI is InChI=1S/C23H24ClN5O3S/c1-3-11-29-21(19(13-30)26-22(32)16-7-5-4-6-8-16)27-28-23(29)33-14-20(31)25-18-10-9-17(24)12-15(18)2/h3-10,12,19,30H,1,11,13-14H2,2H3,(H,25,31)(H,26,32)/t19-/m0/s1. The van der Waals surface area contributed by atoms with Crippen molar-refractivity contribution in [2.75, 3.05) is 17.7 Å². The number of rotatable bonds is 10. The van der Waals surface area contributed by atoms with Crippen LogP contribution in [-0.2, 0) is 11.3 Å². The maximum Gasteiger partial charge on any atom is 0.251 e. The van der Waals surface area contributed by atoms with Crippen LogP contribution in [0.2, 0.25) is 5.02 Å². The number of aryl methyl sites for hydroxylation is 1. The third-order valence-electron chi connectivity index (χ3n) is 4.69. The van der Waals surface area contributed by atoms with Crippen LogP contribution in [-0.4, -0.2) is 44.0 Å². The molecule has 33 heavy (non-hydrogen) atoms. The molecule has 0 radical (unpaired) electrons. The fourth-order valence-corrected chi connectivity index (χ4v) is 4.05. The second-order valence-electron chi connectivity index (χ2n) is 7.11. The van der Waals surface area contributed by atoms with E-state index >= 15 is 0 Å². The van der Waals surface area contributed by atoms with Crippen molar-refractivity contribution in [2.24, 2.45) is 0 Å². The van der Waals surface area contributed by atoms with E-state index in [-0.39, 0.29) is 24.2 Å². The molecule has 0 aliphatic carbocycles. The number of aliphatic hydroxyl groups excluding tert-OH is 1. The Morgan fingerprint density at radius 3 is 2.67 bits per heavy atom. The van der Waals surface area contributed by atoms with Gasteiger partial charge in [-0.1, -0.05) is 47.6 Å². The first-order chi connectivity index (χ1) is 15.9. The Balaban J connectivity index is 1.70. The largest absolute Gasteiger partial charge is 0.394 e. The molecule has 0 fully saturated rings. The topological polar surface area (TPSA) is 109 Å². The maximum absolute atomic E-state index is 12.5. The van der Waals surface area contributed by atoms with E-state index < -0.39 is 6.04 Å². The van der Waals surface area contributed by atoms with Crippen LogP contribution in [0.3, 0.4) is 0 Å². The summed E-state index contributed by atoms with van der Waals surface area (Å²) >= 11 is 7.16. The second-order valence-corrected chi connectivity index (χ2v) is 8.49. The van der Waals surface area contributed by atoms with Crippen LogP contribution in [0.4, 0.5) is 5.69 Å². The number of hydrogen-bond donors (Lipinski definition) is 3.